The zero-order valence-electron chi connectivity index (χ0n) is 12.9. The van der Waals surface area contributed by atoms with Crippen molar-refractivity contribution in [2.45, 2.75) is 50.6 Å². The number of hydrogen-bond acceptors (Lipinski definition) is 3. The molecule has 1 aromatic heterocycles. The van der Waals surface area contributed by atoms with E-state index in [2.05, 4.69) is 39.7 Å². The lowest BCUT2D eigenvalue weighted by Gasteiger charge is -2.32. The largest absolute Gasteiger partial charge is 0.348 e. The summed E-state index contributed by atoms with van der Waals surface area (Å²) in [6.45, 7) is 1.86. The maximum atomic E-state index is 12.6. The fraction of sp³-hybridized carbons (Fsp3) is 0.471. The molecule has 1 atom stereocenters. The van der Waals surface area contributed by atoms with Crippen molar-refractivity contribution in [1.29, 1.82) is 0 Å². The highest BCUT2D eigenvalue weighted by molar-refractivity contribution is 5.80. The summed E-state index contributed by atoms with van der Waals surface area (Å²) in [6.07, 6.45) is 8.36. The summed E-state index contributed by atoms with van der Waals surface area (Å²) in [4.78, 5) is 16.5. The van der Waals surface area contributed by atoms with E-state index in [1.165, 1.54) is 24.7 Å². The Labute approximate surface area is 130 Å². The van der Waals surface area contributed by atoms with Gasteiger partial charge in [-0.05, 0) is 31.7 Å². The van der Waals surface area contributed by atoms with E-state index < -0.39 is 0 Å². The summed E-state index contributed by atoms with van der Waals surface area (Å²) in [5, 5.41) is 7.36. The maximum absolute atomic E-state index is 12.6. The molecule has 1 aromatic carbocycles. The van der Waals surface area contributed by atoms with Crippen LogP contribution in [0, 0.1) is 0 Å². The van der Waals surface area contributed by atoms with E-state index in [9.17, 15) is 4.79 Å². The molecule has 1 amide bonds. The molecule has 1 aliphatic carbocycles. The fourth-order valence-electron chi connectivity index (χ4n) is 3.29. The smallest absolute Gasteiger partial charge is 0.245 e. The number of nitrogens with zero attached hydrogens (tertiary/aromatic N) is 3. The summed E-state index contributed by atoms with van der Waals surface area (Å²) in [7, 11) is 0. The highest BCUT2D eigenvalue weighted by Crippen LogP contribution is 2.33. The van der Waals surface area contributed by atoms with Gasteiger partial charge in [0, 0.05) is 5.54 Å². The summed E-state index contributed by atoms with van der Waals surface area (Å²) in [5.41, 5.74) is 1.16. The van der Waals surface area contributed by atoms with E-state index in [0.29, 0.717) is 0 Å². The predicted octanol–water partition coefficient (Wildman–Crippen LogP) is 2.51. The average molecular weight is 298 g/mol. The maximum Gasteiger partial charge on any atom is 0.245 e. The molecule has 22 heavy (non-hydrogen) atoms. The molecule has 0 aliphatic heterocycles. The molecule has 2 aromatic rings. The highest BCUT2D eigenvalue weighted by atomic mass is 16.2. The molecule has 0 saturated heterocycles. The van der Waals surface area contributed by atoms with E-state index in [4.69, 9.17) is 0 Å². The topological polar surface area (TPSA) is 59.8 Å². The molecule has 1 N–H and O–H groups in total. The van der Waals surface area contributed by atoms with E-state index >= 15 is 0 Å². The minimum absolute atomic E-state index is 0.0170. The number of carbonyl (C=O) groups is 1. The Morgan fingerprint density at radius 2 is 2.05 bits per heavy atom. The van der Waals surface area contributed by atoms with Crippen molar-refractivity contribution in [3.8, 4) is 0 Å². The molecular weight excluding hydrogens is 276 g/mol. The van der Waals surface area contributed by atoms with Crippen molar-refractivity contribution in [1.82, 2.24) is 20.1 Å². The molecular formula is C17H22N4O. The Morgan fingerprint density at radius 1 is 1.32 bits per heavy atom. The highest BCUT2D eigenvalue weighted by Gasteiger charge is 2.36. The van der Waals surface area contributed by atoms with Gasteiger partial charge in [-0.3, -0.25) is 4.79 Å². The van der Waals surface area contributed by atoms with Gasteiger partial charge in [0.2, 0.25) is 5.91 Å². The quantitative estimate of drug-likeness (QED) is 0.922. The standard InChI is InChI=1S/C17H22N4O/c1-14(21-13-18-12-19-21)16(22)20-17(9-5-6-10-17)11-15-7-3-2-4-8-15/h2-4,7-8,12-14H,5-6,9-11H2,1H3,(H,20,22). The van der Waals surface area contributed by atoms with Crippen LogP contribution in [0.1, 0.15) is 44.2 Å². The van der Waals surface area contributed by atoms with Gasteiger partial charge in [-0.2, -0.15) is 5.10 Å². The normalized spacial score (nSPS) is 18.0. The summed E-state index contributed by atoms with van der Waals surface area (Å²) >= 11 is 0. The van der Waals surface area contributed by atoms with Crippen LogP contribution < -0.4 is 5.32 Å². The molecule has 1 unspecified atom stereocenters. The van der Waals surface area contributed by atoms with Gasteiger partial charge in [0.15, 0.2) is 0 Å². The van der Waals surface area contributed by atoms with Crippen molar-refractivity contribution in [3.05, 3.63) is 48.5 Å². The number of rotatable bonds is 5. The molecule has 1 saturated carbocycles. The van der Waals surface area contributed by atoms with Gasteiger partial charge in [-0.25, -0.2) is 9.67 Å². The van der Waals surface area contributed by atoms with E-state index in [1.54, 1.807) is 11.0 Å². The minimum Gasteiger partial charge on any atom is -0.348 e. The Balaban J connectivity index is 1.73. The second-order valence-electron chi connectivity index (χ2n) is 6.19. The van der Waals surface area contributed by atoms with Crippen molar-refractivity contribution in [3.63, 3.8) is 0 Å². The molecule has 5 heteroatoms. The third-order valence-corrected chi connectivity index (χ3v) is 4.55. The molecule has 0 spiro atoms. The second-order valence-corrected chi connectivity index (χ2v) is 6.19. The summed E-state index contributed by atoms with van der Waals surface area (Å²) < 4.78 is 1.60. The second kappa shape index (κ2) is 6.30. The summed E-state index contributed by atoms with van der Waals surface area (Å²) in [5.74, 6) is 0.0170. The van der Waals surface area contributed by atoms with E-state index in [-0.39, 0.29) is 17.5 Å². The average Bonchev–Trinajstić information content (AvgIpc) is 3.19. The van der Waals surface area contributed by atoms with E-state index in [1.807, 2.05) is 13.0 Å². The Bertz CT molecular complexity index is 603. The van der Waals surface area contributed by atoms with E-state index in [0.717, 1.165) is 19.3 Å². The number of hydrogen-bond donors (Lipinski definition) is 1. The lowest BCUT2D eigenvalue weighted by molar-refractivity contribution is -0.126. The van der Waals surface area contributed by atoms with Crippen LogP contribution >= 0.6 is 0 Å². The molecule has 3 rings (SSSR count). The van der Waals surface area contributed by atoms with Crippen LogP contribution in [0.3, 0.4) is 0 Å². The first kappa shape index (κ1) is 14.8. The van der Waals surface area contributed by atoms with Gasteiger partial charge in [-0.1, -0.05) is 43.2 Å². The zero-order valence-corrected chi connectivity index (χ0v) is 12.9. The fourth-order valence-corrected chi connectivity index (χ4v) is 3.29. The number of carbonyl (C=O) groups excluding carboxylic acids is 1. The molecule has 1 aliphatic rings. The van der Waals surface area contributed by atoms with Crippen molar-refractivity contribution < 1.29 is 4.79 Å². The van der Waals surface area contributed by atoms with Gasteiger partial charge < -0.3 is 5.32 Å². The van der Waals surface area contributed by atoms with Gasteiger partial charge in [0.05, 0.1) is 0 Å². The van der Waals surface area contributed by atoms with Crippen LogP contribution in [0.5, 0.6) is 0 Å². The van der Waals surface area contributed by atoms with Crippen LogP contribution in [0.25, 0.3) is 0 Å². The monoisotopic (exact) mass is 298 g/mol. The van der Waals surface area contributed by atoms with Gasteiger partial charge in [-0.15, -0.1) is 0 Å². The Hall–Kier alpha value is -2.17. The van der Waals surface area contributed by atoms with Crippen LogP contribution in [0.4, 0.5) is 0 Å². The van der Waals surface area contributed by atoms with Crippen LogP contribution in [-0.2, 0) is 11.2 Å². The Kier molecular flexibility index (Phi) is 4.22. The first-order valence-corrected chi connectivity index (χ1v) is 7.89. The predicted molar refractivity (Wildman–Crippen MR) is 84.2 cm³/mol. The summed E-state index contributed by atoms with van der Waals surface area (Å²) in [6, 6.07) is 10.1. The lowest BCUT2D eigenvalue weighted by Crippen LogP contribution is -2.50. The van der Waals surface area contributed by atoms with Crippen LogP contribution in [-0.4, -0.2) is 26.2 Å². The first-order valence-electron chi connectivity index (χ1n) is 7.89. The van der Waals surface area contributed by atoms with Gasteiger partial charge >= 0.3 is 0 Å². The number of benzene rings is 1. The molecule has 0 radical (unpaired) electrons. The van der Waals surface area contributed by atoms with Gasteiger partial charge in [0.25, 0.3) is 0 Å². The molecule has 116 valence electrons. The van der Waals surface area contributed by atoms with Crippen LogP contribution in [0.15, 0.2) is 43.0 Å². The van der Waals surface area contributed by atoms with Crippen molar-refractivity contribution >= 4 is 5.91 Å². The Morgan fingerprint density at radius 3 is 2.68 bits per heavy atom. The SMILES string of the molecule is CC(C(=O)NC1(Cc2ccccc2)CCCC1)n1cncn1. The zero-order chi connectivity index (χ0) is 15.4. The molecule has 1 fully saturated rings. The number of amides is 1. The van der Waals surface area contributed by atoms with Gasteiger partial charge in [0.1, 0.15) is 18.7 Å². The van der Waals surface area contributed by atoms with Crippen molar-refractivity contribution in [2.75, 3.05) is 0 Å². The minimum atomic E-state index is -0.337. The number of aromatic nitrogens is 3. The lowest BCUT2D eigenvalue weighted by atomic mass is 9.88. The first-order chi connectivity index (χ1) is 10.7. The molecule has 1 heterocycles. The molecule has 5 nitrogen and oxygen atoms in total. The third-order valence-electron chi connectivity index (χ3n) is 4.55. The third kappa shape index (κ3) is 3.18. The number of nitrogens with one attached hydrogen (secondary N) is 1. The van der Waals surface area contributed by atoms with Crippen molar-refractivity contribution in [2.24, 2.45) is 0 Å². The van der Waals surface area contributed by atoms with Crippen LogP contribution in [0.2, 0.25) is 0 Å². The molecule has 0 bridgehead atoms.